The molecule has 2 amide bonds. The van der Waals surface area contributed by atoms with Gasteiger partial charge >= 0.3 is 24.9 Å². The molecule has 2 aliphatic rings. The van der Waals surface area contributed by atoms with Gasteiger partial charge in [-0.1, -0.05) is 152 Å². The molecule has 0 aliphatic carbocycles. The Hall–Kier alpha value is -7.42. The van der Waals surface area contributed by atoms with Gasteiger partial charge in [0, 0.05) is 32.1 Å². The van der Waals surface area contributed by atoms with E-state index in [9.17, 15) is 40.7 Å². The van der Waals surface area contributed by atoms with Crippen molar-refractivity contribution in [3.05, 3.63) is 229 Å². The minimum absolute atomic E-state index is 0. The molecule has 0 bridgehead atoms. The third kappa shape index (κ3) is 19.5. The quantitative estimate of drug-likeness (QED) is 0.0608. The number of piperidine rings is 2. The first-order valence-corrected chi connectivity index (χ1v) is 27.4. The van der Waals surface area contributed by atoms with Gasteiger partial charge < -0.3 is 50.5 Å². The Morgan fingerprint density at radius 3 is 1.25 bits per heavy atom. The molecule has 9 rings (SSSR count). The number of benzene rings is 7. The summed E-state index contributed by atoms with van der Waals surface area (Å²) in [6, 6.07) is 62.1. The average Bonchev–Trinajstić information content (AvgIpc) is 3.56. The fourth-order valence-electron chi connectivity index (χ4n) is 9.11. The summed E-state index contributed by atoms with van der Waals surface area (Å²) in [6.45, 7) is 2.89. The number of nitrogens with zero attached hydrogens (tertiary/aromatic N) is 2. The second-order valence-electron chi connectivity index (χ2n) is 18.6. The van der Waals surface area contributed by atoms with Crippen molar-refractivity contribution in [2.45, 2.75) is 57.8 Å². The van der Waals surface area contributed by atoms with Gasteiger partial charge in [0.2, 0.25) is 0 Å². The summed E-state index contributed by atoms with van der Waals surface area (Å²) in [7, 11) is -2.09. The highest BCUT2D eigenvalue weighted by atomic mass is 79.9. The molecule has 79 heavy (non-hydrogen) atoms. The Labute approximate surface area is 467 Å². The van der Waals surface area contributed by atoms with Crippen molar-refractivity contribution < 1.29 is 76.7 Å². The van der Waals surface area contributed by atoms with Gasteiger partial charge in [-0.25, -0.2) is 9.59 Å². The van der Waals surface area contributed by atoms with Crippen LogP contribution in [0.1, 0.15) is 47.9 Å². The predicted octanol–water partition coefficient (Wildman–Crippen LogP) is 11.0. The van der Waals surface area contributed by atoms with E-state index in [-0.39, 0.29) is 65.7 Å². The summed E-state index contributed by atoms with van der Waals surface area (Å²) in [6.07, 6.45) is -1.07. The van der Waals surface area contributed by atoms with Crippen LogP contribution in [0.25, 0.3) is 6.08 Å². The topological polar surface area (TPSA) is 94.6 Å². The van der Waals surface area contributed by atoms with E-state index in [1.165, 1.54) is 40.2 Å². The fraction of sp³-hybridized carbons (Fsp3) is 0.242. The minimum atomic E-state index is -4.70. The number of hydrogen-bond donors (Lipinski definition) is 0. The van der Waals surface area contributed by atoms with Crippen molar-refractivity contribution in [2.24, 2.45) is 11.8 Å². The molecule has 2 fully saturated rings. The minimum Gasteiger partial charge on any atom is -1.00 e. The second-order valence-corrected chi connectivity index (χ2v) is 22.0. The van der Waals surface area contributed by atoms with E-state index in [1.807, 2.05) is 127 Å². The zero-order chi connectivity index (χ0) is 55.2. The zero-order valence-electron chi connectivity index (χ0n) is 43.1. The standard InChI is InChI=1S/C26H21F3OP.C22H22F3NO3.C14H17NO3.BrH/c27-26(28,29)30-22-18-16-21(17-19-22)20-31(23-10-4-1-5-11-23,24-12-6-2-7-13-24)25-14-8-3-9-15-25;23-22(24,25)29-20-12-10-17(11-13-20)8-9-18-7-4-14-26(15-18)21(27)28-16-19-5-2-1-3-6-19;16-10-13-7-4-8-15(9-13)14(17)18-11-12-5-2-1-3-6-12;/h1-19H,20H2;1-3,5-6,8-13,18H,4,7,14-16H2;1-3,5-6,10,13H,4,7-9,11H2;1H/q+1;;;/p-1. The van der Waals surface area contributed by atoms with Gasteiger partial charge in [-0.05, 0) is 115 Å². The maximum atomic E-state index is 12.6. The Bertz CT molecular complexity index is 2850. The van der Waals surface area contributed by atoms with Crippen LogP contribution >= 0.6 is 7.26 Å². The van der Waals surface area contributed by atoms with E-state index in [2.05, 4.69) is 45.9 Å². The lowest BCUT2D eigenvalue weighted by atomic mass is 9.97. The number of carbonyl (C=O) groups is 3. The summed E-state index contributed by atoms with van der Waals surface area (Å²) in [5.41, 5.74) is 3.63. The van der Waals surface area contributed by atoms with E-state index in [0.29, 0.717) is 32.3 Å². The number of aldehydes is 1. The van der Waals surface area contributed by atoms with E-state index in [1.54, 1.807) is 34.1 Å². The maximum Gasteiger partial charge on any atom is 0.573 e. The zero-order valence-corrected chi connectivity index (χ0v) is 45.5. The van der Waals surface area contributed by atoms with Gasteiger partial charge in [-0.3, -0.25) is 0 Å². The van der Waals surface area contributed by atoms with E-state index in [4.69, 9.17) is 9.47 Å². The van der Waals surface area contributed by atoms with Crippen LogP contribution in [0.5, 0.6) is 11.5 Å². The molecule has 2 atom stereocenters. The molecule has 2 heterocycles. The molecule has 0 N–H and O–H groups in total. The van der Waals surface area contributed by atoms with Gasteiger partial charge in [0.15, 0.2) is 0 Å². The molecular formula is C62H60BrF6N2O7P. The molecule has 9 nitrogen and oxygen atoms in total. The molecule has 17 heteroatoms. The third-order valence-corrected chi connectivity index (χ3v) is 17.3. The van der Waals surface area contributed by atoms with Crippen LogP contribution in [0, 0.1) is 11.8 Å². The number of likely N-dealkylation sites (tertiary alicyclic amines) is 2. The van der Waals surface area contributed by atoms with Crippen LogP contribution in [0.4, 0.5) is 35.9 Å². The highest BCUT2D eigenvalue weighted by Crippen LogP contribution is 2.58. The van der Waals surface area contributed by atoms with Crippen molar-refractivity contribution in [3.63, 3.8) is 0 Å². The Balaban J connectivity index is 0.000000197. The normalized spacial score (nSPS) is 15.4. The lowest BCUT2D eigenvalue weighted by molar-refractivity contribution is -0.275. The smallest absolute Gasteiger partial charge is 0.573 e. The Morgan fingerprint density at radius 1 is 0.494 bits per heavy atom. The van der Waals surface area contributed by atoms with Crippen LogP contribution in [0.2, 0.25) is 0 Å². The van der Waals surface area contributed by atoms with Gasteiger partial charge in [-0.2, -0.15) is 0 Å². The third-order valence-electron chi connectivity index (χ3n) is 12.9. The van der Waals surface area contributed by atoms with Crippen LogP contribution < -0.4 is 42.4 Å². The largest absolute Gasteiger partial charge is 1.00 e. The number of halogens is 7. The number of amides is 2. The van der Waals surface area contributed by atoms with Gasteiger partial charge in [0.1, 0.15) is 54.2 Å². The molecule has 0 radical (unpaired) electrons. The van der Waals surface area contributed by atoms with E-state index in [0.717, 1.165) is 54.2 Å². The summed E-state index contributed by atoms with van der Waals surface area (Å²) >= 11 is 0. The molecule has 2 saturated heterocycles. The van der Waals surface area contributed by atoms with Crippen molar-refractivity contribution in [1.29, 1.82) is 0 Å². The predicted molar refractivity (Wildman–Crippen MR) is 292 cm³/mol. The monoisotopic (exact) mass is 1170 g/mol. The lowest BCUT2D eigenvalue weighted by Crippen LogP contribution is -3.00. The number of hydrogen-bond acceptors (Lipinski definition) is 7. The molecule has 414 valence electrons. The van der Waals surface area contributed by atoms with Crippen molar-refractivity contribution in [1.82, 2.24) is 9.80 Å². The second kappa shape index (κ2) is 30.1. The fourth-order valence-corrected chi connectivity index (χ4v) is 13.4. The van der Waals surface area contributed by atoms with E-state index < -0.39 is 20.0 Å². The summed E-state index contributed by atoms with van der Waals surface area (Å²) in [5, 5.41) is 3.68. The Morgan fingerprint density at radius 2 is 0.861 bits per heavy atom. The molecule has 7 aromatic rings. The number of ether oxygens (including phenoxy) is 4. The SMILES string of the molecule is FC(F)(F)Oc1ccc(C[P+](c2ccccc2)(c2ccccc2)c2ccccc2)cc1.O=C(OCc1ccccc1)N1CCCC(C=Cc2ccc(OC(F)(F)F)cc2)C1.O=CC1CCCN(C(=O)OCc2ccccc2)C1.[Br-]. The number of rotatable bonds is 14. The number of alkyl halides is 6. The summed E-state index contributed by atoms with van der Waals surface area (Å²) in [4.78, 5) is 38.2. The van der Waals surface area contributed by atoms with Crippen LogP contribution in [0.3, 0.4) is 0 Å². The van der Waals surface area contributed by atoms with Crippen LogP contribution in [-0.4, -0.2) is 67.2 Å². The first-order valence-electron chi connectivity index (χ1n) is 25.5. The van der Waals surface area contributed by atoms with Crippen LogP contribution in [-0.2, 0) is 33.6 Å². The number of carbonyl (C=O) groups excluding carboxylic acids is 3. The maximum absolute atomic E-state index is 12.6. The highest BCUT2D eigenvalue weighted by Gasteiger charge is 2.45. The van der Waals surface area contributed by atoms with Crippen molar-refractivity contribution >= 4 is 47.7 Å². The first-order chi connectivity index (χ1) is 37.7. The molecule has 0 spiro atoms. The Kier molecular flexibility index (Phi) is 23.2. The van der Waals surface area contributed by atoms with E-state index >= 15 is 0 Å². The van der Waals surface area contributed by atoms with Crippen LogP contribution in [0.15, 0.2) is 206 Å². The average molecular weight is 1170 g/mol. The van der Waals surface area contributed by atoms with Gasteiger partial charge in [0.05, 0.1) is 6.16 Å². The van der Waals surface area contributed by atoms with Crippen molar-refractivity contribution in [3.8, 4) is 11.5 Å². The molecule has 0 aromatic heterocycles. The summed E-state index contributed by atoms with van der Waals surface area (Å²) in [5.74, 6) is -0.332. The molecule has 7 aromatic carbocycles. The summed E-state index contributed by atoms with van der Waals surface area (Å²) < 4.78 is 92.8. The van der Waals surface area contributed by atoms with Crippen molar-refractivity contribution in [2.75, 3.05) is 26.2 Å². The lowest BCUT2D eigenvalue weighted by Gasteiger charge is -2.30. The van der Waals surface area contributed by atoms with Gasteiger partial charge in [0.25, 0.3) is 0 Å². The first kappa shape index (κ1) is 60.8. The highest BCUT2D eigenvalue weighted by molar-refractivity contribution is 7.95. The molecule has 2 aliphatic heterocycles. The van der Waals surface area contributed by atoms with Gasteiger partial charge in [-0.15, -0.1) is 26.3 Å². The molecule has 2 unspecified atom stereocenters. The molecular weight excluding hydrogens is 1110 g/mol. The molecule has 0 saturated carbocycles.